The summed E-state index contributed by atoms with van der Waals surface area (Å²) in [7, 11) is 0. The quantitative estimate of drug-likeness (QED) is 0.842. The normalized spacial score (nSPS) is 19.6. The molecule has 2 nitrogen and oxygen atoms in total. The van der Waals surface area contributed by atoms with E-state index in [9.17, 15) is 0 Å². The van der Waals surface area contributed by atoms with E-state index in [0.29, 0.717) is 17.5 Å². The summed E-state index contributed by atoms with van der Waals surface area (Å²) in [6, 6.07) is 11.9. The van der Waals surface area contributed by atoms with Gasteiger partial charge in [-0.25, -0.2) is 0 Å². The molecule has 118 valence electrons. The molecule has 21 heavy (non-hydrogen) atoms. The number of nitrogens with one attached hydrogen (secondary N) is 1. The molecule has 1 aliphatic rings. The number of benzene rings is 1. The highest BCUT2D eigenvalue weighted by atomic mass is 15.2. The van der Waals surface area contributed by atoms with Crippen molar-refractivity contribution in [2.45, 2.75) is 59.0 Å². The van der Waals surface area contributed by atoms with E-state index in [4.69, 9.17) is 0 Å². The van der Waals surface area contributed by atoms with Crippen LogP contribution in [0.4, 0.5) is 0 Å². The van der Waals surface area contributed by atoms with Crippen molar-refractivity contribution < 1.29 is 0 Å². The molecule has 0 radical (unpaired) electrons. The first-order chi connectivity index (χ1) is 9.94. The average Bonchev–Trinajstić information content (AvgIpc) is 2.90. The van der Waals surface area contributed by atoms with Crippen LogP contribution in [0.15, 0.2) is 30.3 Å². The number of likely N-dealkylation sites (tertiary alicyclic amines) is 1. The first kappa shape index (κ1) is 16.5. The van der Waals surface area contributed by atoms with E-state index in [1.165, 1.54) is 44.5 Å². The van der Waals surface area contributed by atoms with E-state index >= 15 is 0 Å². The van der Waals surface area contributed by atoms with Gasteiger partial charge in [-0.05, 0) is 50.3 Å². The second-order valence-corrected chi connectivity index (χ2v) is 7.80. The maximum absolute atomic E-state index is 3.88. The Hall–Kier alpha value is -0.860. The van der Waals surface area contributed by atoms with Crippen molar-refractivity contribution in [2.75, 3.05) is 19.6 Å². The lowest BCUT2D eigenvalue weighted by Crippen LogP contribution is -2.40. The van der Waals surface area contributed by atoms with Crippen LogP contribution in [0.5, 0.6) is 0 Å². The van der Waals surface area contributed by atoms with Crippen LogP contribution in [-0.2, 0) is 0 Å². The van der Waals surface area contributed by atoms with Crippen molar-refractivity contribution in [2.24, 2.45) is 5.41 Å². The molecule has 2 unspecified atom stereocenters. The van der Waals surface area contributed by atoms with Crippen LogP contribution in [0.25, 0.3) is 0 Å². The zero-order valence-corrected chi connectivity index (χ0v) is 14.2. The smallest absolute Gasteiger partial charge is 0.0328 e. The topological polar surface area (TPSA) is 15.3 Å². The molecule has 1 aromatic carbocycles. The van der Waals surface area contributed by atoms with Crippen LogP contribution in [0.1, 0.15) is 58.6 Å². The van der Waals surface area contributed by atoms with Crippen molar-refractivity contribution >= 4 is 0 Å². The lowest BCUT2D eigenvalue weighted by atomic mass is 9.85. The van der Waals surface area contributed by atoms with Gasteiger partial charge >= 0.3 is 0 Å². The highest BCUT2D eigenvalue weighted by Crippen LogP contribution is 2.29. The van der Waals surface area contributed by atoms with Crippen molar-refractivity contribution in [1.82, 2.24) is 10.2 Å². The van der Waals surface area contributed by atoms with E-state index < -0.39 is 0 Å². The first-order valence-electron chi connectivity index (χ1n) is 8.47. The molecule has 0 saturated carbocycles. The molecule has 1 saturated heterocycles. The molecule has 1 aromatic rings. The molecule has 0 aromatic heterocycles. The summed E-state index contributed by atoms with van der Waals surface area (Å²) in [4.78, 5) is 2.59. The van der Waals surface area contributed by atoms with Crippen LogP contribution >= 0.6 is 0 Å². The monoisotopic (exact) mass is 288 g/mol. The van der Waals surface area contributed by atoms with Crippen LogP contribution in [0.3, 0.4) is 0 Å². The third-order valence-corrected chi connectivity index (χ3v) is 4.23. The second kappa shape index (κ2) is 7.42. The summed E-state index contributed by atoms with van der Waals surface area (Å²) in [5, 5.41) is 3.88. The predicted molar refractivity (Wildman–Crippen MR) is 91.5 cm³/mol. The van der Waals surface area contributed by atoms with E-state index in [1.54, 1.807) is 0 Å². The zero-order chi connectivity index (χ0) is 15.3. The highest BCUT2D eigenvalue weighted by Gasteiger charge is 2.23. The molecule has 1 aliphatic heterocycles. The fourth-order valence-electron chi connectivity index (χ4n) is 3.32. The summed E-state index contributed by atoms with van der Waals surface area (Å²) >= 11 is 0. The summed E-state index contributed by atoms with van der Waals surface area (Å²) < 4.78 is 0. The molecule has 0 spiro atoms. The average molecular weight is 288 g/mol. The summed E-state index contributed by atoms with van der Waals surface area (Å²) in [5.41, 5.74) is 1.75. The number of nitrogens with zero attached hydrogens (tertiary/aromatic N) is 1. The van der Waals surface area contributed by atoms with Crippen LogP contribution in [-0.4, -0.2) is 30.6 Å². The molecule has 0 aliphatic carbocycles. The van der Waals surface area contributed by atoms with Gasteiger partial charge in [-0.2, -0.15) is 0 Å². The first-order valence-corrected chi connectivity index (χ1v) is 8.47. The molecular weight excluding hydrogens is 256 g/mol. The van der Waals surface area contributed by atoms with Gasteiger partial charge in [0, 0.05) is 18.6 Å². The van der Waals surface area contributed by atoms with Gasteiger partial charge in [-0.15, -0.1) is 0 Å². The number of rotatable bonds is 6. The largest absolute Gasteiger partial charge is 0.306 e. The Labute approximate surface area is 130 Å². The fraction of sp³-hybridized carbons (Fsp3) is 0.684. The van der Waals surface area contributed by atoms with Crippen molar-refractivity contribution in [3.63, 3.8) is 0 Å². The summed E-state index contributed by atoms with van der Waals surface area (Å²) in [5.74, 6) is 0. The van der Waals surface area contributed by atoms with Gasteiger partial charge < -0.3 is 10.2 Å². The minimum Gasteiger partial charge on any atom is -0.306 e. The van der Waals surface area contributed by atoms with E-state index in [-0.39, 0.29) is 0 Å². The van der Waals surface area contributed by atoms with Gasteiger partial charge in [-0.3, -0.25) is 0 Å². The van der Waals surface area contributed by atoms with E-state index in [0.717, 1.165) is 0 Å². The molecule has 0 amide bonds. The third-order valence-electron chi connectivity index (χ3n) is 4.23. The number of hydrogen-bond donors (Lipinski definition) is 1. The minimum absolute atomic E-state index is 0.334. The van der Waals surface area contributed by atoms with Gasteiger partial charge in [0.25, 0.3) is 0 Å². The Morgan fingerprint density at radius 1 is 1.10 bits per heavy atom. The minimum atomic E-state index is 0.334. The highest BCUT2D eigenvalue weighted by molar-refractivity contribution is 5.19. The lowest BCUT2D eigenvalue weighted by molar-refractivity contribution is 0.254. The zero-order valence-electron chi connectivity index (χ0n) is 14.2. The van der Waals surface area contributed by atoms with E-state index in [1.807, 2.05) is 0 Å². The van der Waals surface area contributed by atoms with Gasteiger partial charge in [0.1, 0.15) is 0 Å². The third kappa shape index (κ3) is 5.80. The molecule has 1 N–H and O–H groups in total. The second-order valence-electron chi connectivity index (χ2n) is 7.80. The molecular formula is C19H32N2. The molecule has 1 fully saturated rings. The molecule has 2 atom stereocenters. The maximum Gasteiger partial charge on any atom is 0.0328 e. The van der Waals surface area contributed by atoms with Crippen LogP contribution < -0.4 is 5.32 Å². The van der Waals surface area contributed by atoms with Gasteiger partial charge in [0.15, 0.2) is 0 Å². The predicted octanol–water partition coefficient (Wildman–Crippen LogP) is 4.24. The molecule has 0 bridgehead atoms. The molecule has 2 heteroatoms. The van der Waals surface area contributed by atoms with E-state index in [2.05, 4.69) is 68.2 Å². The Morgan fingerprint density at radius 2 is 1.71 bits per heavy atom. The summed E-state index contributed by atoms with van der Waals surface area (Å²) in [6.07, 6.45) is 3.91. The SMILES string of the molecule is CC(CN1CCCC1)NC(CC(C)(C)C)c1ccccc1. The van der Waals surface area contributed by atoms with Crippen LogP contribution in [0.2, 0.25) is 0 Å². The Balaban J connectivity index is 1.98. The van der Waals surface area contributed by atoms with Crippen LogP contribution in [0, 0.1) is 5.41 Å². The lowest BCUT2D eigenvalue weighted by Gasteiger charge is -2.31. The standard InChI is InChI=1S/C19H32N2/c1-16(15-21-12-8-9-13-21)20-18(14-19(2,3)4)17-10-6-5-7-11-17/h5-7,10-11,16,18,20H,8-9,12-15H2,1-4H3. The molecule has 1 heterocycles. The fourth-order valence-corrected chi connectivity index (χ4v) is 3.32. The van der Waals surface area contributed by atoms with Gasteiger partial charge in [0.2, 0.25) is 0 Å². The van der Waals surface area contributed by atoms with Crippen molar-refractivity contribution in [1.29, 1.82) is 0 Å². The summed E-state index contributed by atoms with van der Waals surface area (Å²) in [6.45, 7) is 13.0. The maximum atomic E-state index is 3.88. The number of hydrogen-bond acceptors (Lipinski definition) is 2. The Bertz CT molecular complexity index is 401. The van der Waals surface area contributed by atoms with Gasteiger partial charge in [-0.1, -0.05) is 51.1 Å². The molecule has 2 rings (SSSR count). The Kier molecular flexibility index (Phi) is 5.83. The van der Waals surface area contributed by atoms with Crippen molar-refractivity contribution in [3.05, 3.63) is 35.9 Å². The van der Waals surface area contributed by atoms with Crippen molar-refractivity contribution in [3.8, 4) is 0 Å². The Morgan fingerprint density at radius 3 is 2.29 bits per heavy atom. The van der Waals surface area contributed by atoms with Gasteiger partial charge in [0.05, 0.1) is 0 Å².